The molecule has 1 aromatic carbocycles. The van der Waals surface area contributed by atoms with Gasteiger partial charge in [0.1, 0.15) is 0 Å². The quantitative estimate of drug-likeness (QED) is 0.755. The first-order valence-electron chi connectivity index (χ1n) is 4.03. The van der Waals surface area contributed by atoms with Crippen molar-refractivity contribution in [2.75, 3.05) is 6.61 Å². The second-order valence-electron chi connectivity index (χ2n) is 2.47. The Bertz CT molecular complexity index is 342. The largest absolute Gasteiger partial charge is 0.277 e. The fraction of sp³-hybridized carbons (Fsp3) is 0.222. The predicted octanol–water partition coefficient (Wildman–Crippen LogP) is 1.65. The van der Waals surface area contributed by atoms with Crippen LogP contribution in [0.2, 0.25) is 0 Å². The van der Waals surface area contributed by atoms with Crippen LogP contribution in [0.3, 0.4) is 0 Å². The van der Waals surface area contributed by atoms with E-state index < -0.39 is 17.5 Å². The highest BCUT2D eigenvalue weighted by Crippen LogP contribution is 2.10. The van der Waals surface area contributed by atoms with E-state index in [0.717, 1.165) is 6.07 Å². The molecule has 0 unspecified atom stereocenters. The number of hydroxylamine groups is 1. The zero-order valence-corrected chi connectivity index (χ0v) is 7.51. The van der Waals surface area contributed by atoms with Crippen molar-refractivity contribution in [2.45, 2.75) is 6.92 Å². The van der Waals surface area contributed by atoms with Crippen molar-refractivity contribution in [1.82, 2.24) is 5.48 Å². The Hall–Kier alpha value is -1.49. The minimum absolute atomic E-state index is 0.253. The molecule has 1 N–H and O–H groups in total. The molecule has 0 aliphatic heterocycles. The lowest BCUT2D eigenvalue weighted by Crippen LogP contribution is -2.24. The number of halogens is 2. The Balaban J connectivity index is 2.84. The molecular formula is C9H9F2NO2. The third kappa shape index (κ3) is 2.26. The van der Waals surface area contributed by atoms with Gasteiger partial charge in [-0.25, -0.2) is 14.3 Å². The predicted molar refractivity (Wildman–Crippen MR) is 45.5 cm³/mol. The molecule has 1 aromatic rings. The molecule has 76 valence electrons. The molecule has 0 bridgehead atoms. The van der Waals surface area contributed by atoms with Gasteiger partial charge in [0.05, 0.1) is 12.2 Å². The van der Waals surface area contributed by atoms with Crippen LogP contribution in [0.15, 0.2) is 18.2 Å². The molecule has 0 heterocycles. The van der Waals surface area contributed by atoms with Crippen molar-refractivity contribution in [3.63, 3.8) is 0 Å². The summed E-state index contributed by atoms with van der Waals surface area (Å²) in [5.41, 5.74) is 1.59. The number of nitrogens with one attached hydrogen (secondary N) is 1. The molecule has 1 rings (SSSR count). The van der Waals surface area contributed by atoms with Gasteiger partial charge in [0, 0.05) is 0 Å². The number of hydrogen-bond acceptors (Lipinski definition) is 2. The summed E-state index contributed by atoms with van der Waals surface area (Å²) in [6, 6.07) is 3.36. The van der Waals surface area contributed by atoms with E-state index in [9.17, 15) is 13.6 Å². The van der Waals surface area contributed by atoms with Crippen LogP contribution in [0.1, 0.15) is 17.3 Å². The van der Waals surface area contributed by atoms with Gasteiger partial charge in [-0.2, -0.15) is 0 Å². The fourth-order valence-electron chi connectivity index (χ4n) is 0.872. The van der Waals surface area contributed by atoms with Crippen molar-refractivity contribution in [2.24, 2.45) is 0 Å². The van der Waals surface area contributed by atoms with Gasteiger partial charge in [-0.05, 0) is 19.1 Å². The molecule has 14 heavy (non-hydrogen) atoms. The Labute approximate surface area is 79.6 Å². The maximum Gasteiger partial charge on any atom is 0.277 e. The summed E-state index contributed by atoms with van der Waals surface area (Å²) >= 11 is 0. The van der Waals surface area contributed by atoms with E-state index in [1.54, 1.807) is 6.92 Å². The van der Waals surface area contributed by atoms with Crippen molar-refractivity contribution in [1.29, 1.82) is 0 Å². The van der Waals surface area contributed by atoms with Crippen LogP contribution in [-0.2, 0) is 4.84 Å². The van der Waals surface area contributed by atoms with E-state index in [2.05, 4.69) is 4.84 Å². The third-order valence-corrected chi connectivity index (χ3v) is 1.51. The van der Waals surface area contributed by atoms with E-state index in [1.807, 2.05) is 5.48 Å². The highest BCUT2D eigenvalue weighted by Gasteiger charge is 2.14. The SMILES string of the molecule is CCONC(=O)c1cccc(F)c1F. The molecule has 0 atom stereocenters. The van der Waals surface area contributed by atoms with E-state index in [0.29, 0.717) is 0 Å². The summed E-state index contributed by atoms with van der Waals surface area (Å²) in [4.78, 5) is 15.7. The van der Waals surface area contributed by atoms with Gasteiger partial charge in [-0.15, -0.1) is 0 Å². The molecule has 0 spiro atoms. The topological polar surface area (TPSA) is 38.3 Å². The van der Waals surface area contributed by atoms with Crippen LogP contribution in [0.5, 0.6) is 0 Å². The van der Waals surface area contributed by atoms with Crippen LogP contribution in [-0.4, -0.2) is 12.5 Å². The Morgan fingerprint density at radius 2 is 2.21 bits per heavy atom. The fourth-order valence-corrected chi connectivity index (χ4v) is 0.872. The molecule has 0 aliphatic carbocycles. The van der Waals surface area contributed by atoms with Crippen LogP contribution in [0.4, 0.5) is 8.78 Å². The molecule has 0 saturated carbocycles. The van der Waals surface area contributed by atoms with Gasteiger partial charge in [0.15, 0.2) is 11.6 Å². The lowest BCUT2D eigenvalue weighted by molar-refractivity contribution is 0.0360. The zero-order valence-electron chi connectivity index (χ0n) is 7.51. The van der Waals surface area contributed by atoms with Gasteiger partial charge < -0.3 is 0 Å². The van der Waals surface area contributed by atoms with Gasteiger partial charge in [0.25, 0.3) is 5.91 Å². The maximum absolute atomic E-state index is 13.0. The van der Waals surface area contributed by atoms with E-state index in [-0.39, 0.29) is 12.2 Å². The monoisotopic (exact) mass is 201 g/mol. The second kappa shape index (κ2) is 4.66. The van der Waals surface area contributed by atoms with Crippen LogP contribution in [0.25, 0.3) is 0 Å². The summed E-state index contributed by atoms with van der Waals surface area (Å²) in [5.74, 6) is -3.04. The number of carbonyl (C=O) groups excluding carboxylic acids is 1. The molecule has 0 aromatic heterocycles. The summed E-state index contributed by atoms with van der Waals surface area (Å²) in [6.07, 6.45) is 0. The standard InChI is InChI=1S/C9H9F2NO2/c1-2-14-12-9(13)6-4-3-5-7(10)8(6)11/h3-5H,2H2,1H3,(H,12,13). The number of benzene rings is 1. The van der Waals surface area contributed by atoms with Crippen molar-refractivity contribution >= 4 is 5.91 Å². The van der Waals surface area contributed by atoms with E-state index >= 15 is 0 Å². The average molecular weight is 201 g/mol. The summed E-state index contributed by atoms with van der Waals surface area (Å²) in [6.45, 7) is 1.91. The Kier molecular flexibility index (Phi) is 3.53. The summed E-state index contributed by atoms with van der Waals surface area (Å²) < 4.78 is 25.7. The zero-order chi connectivity index (χ0) is 10.6. The Morgan fingerprint density at radius 3 is 2.86 bits per heavy atom. The highest BCUT2D eigenvalue weighted by molar-refractivity contribution is 5.93. The number of amides is 1. The van der Waals surface area contributed by atoms with Crippen molar-refractivity contribution in [3.8, 4) is 0 Å². The van der Waals surface area contributed by atoms with Crippen LogP contribution >= 0.6 is 0 Å². The first-order chi connectivity index (χ1) is 6.66. The molecule has 0 fully saturated rings. The van der Waals surface area contributed by atoms with Crippen LogP contribution < -0.4 is 5.48 Å². The molecule has 3 nitrogen and oxygen atoms in total. The van der Waals surface area contributed by atoms with E-state index in [1.165, 1.54) is 12.1 Å². The average Bonchev–Trinajstić information content (AvgIpc) is 2.18. The lowest BCUT2D eigenvalue weighted by atomic mass is 10.2. The van der Waals surface area contributed by atoms with Crippen LogP contribution in [0, 0.1) is 11.6 Å². The number of carbonyl (C=O) groups is 1. The van der Waals surface area contributed by atoms with Crippen molar-refractivity contribution < 1.29 is 18.4 Å². The lowest BCUT2D eigenvalue weighted by Gasteiger charge is -2.04. The first kappa shape index (κ1) is 10.6. The van der Waals surface area contributed by atoms with E-state index in [4.69, 9.17) is 0 Å². The van der Waals surface area contributed by atoms with Gasteiger partial charge in [-0.1, -0.05) is 6.07 Å². The van der Waals surface area contributed by atoms with Gasteiger partial charge in [0.2, 0.25) is 0 Å². The minimum atomic E-state index is -1.18. The summed E-state index contributed by atoms with van der Waals surface area (Å²) in [5, 5.41) is 0. The summed E-state index contributed by atoms with van der Waals surface area (Å²) in [7, 11) is 0. The smallest absolute Gasteiger partial charge is 0.274 e. The molecule has 1 amide bonds. The van der Waals surface area contributed by atoms with Crippen molar-refractivity contribution in [3.05, 3.63) is 35.4 Å². The second-order valence-corrected chi connectivity index (χ2v) is 2.47. The molecule has 0 aliphatic rings. The first-order valence-corrected chi connectivity index (χ1v) is 4.03. The molecule has 5 heteroatoms. The number of hydrogen-bond donors (Lipinski definition) is 1. The molecule has 0 radical (unpaired) electrons. The normalized spacial score (nSPS) is 9.93. The minimum Gasteiger partial charge on any atom is -0.274 e. The molecular weight excluding hydrogens is 192 g/mol. The number of rotatable bonds is 3. The highest BCUT2D eigenvalue weighted by atomic mass is 19.2. The molecule has 0 saturated heterocycles. The van der Waals surface area contributed by atoms with Gasteiger partial charge >= 0.3 is 0 Å². The Morgan fingerprint density at radius 1 is 1.50 bits per heavy atom. The van der Waals surface area contributed by atoms with Gasteiger partial charge in [-0.3, -0.25) is 9.63 Å². The third-order valence-electron chi connectivity index (χ3n) is 1.51. The maximum atomic E-state index is 13.0.